The molecule has 0 aliphatic carbocycles. The van der Waals surface area contributed by atoms with E-state index in [0.717, 1.165) is 47.8 Å². The Bertz CT molecular complexity index is 959. The van der Waals surface area contributed by atoms with E-state index in [4.69, 9.17) is 4.98 Å². The highest BCUT2D eigenvalue weighted by Gasteiger charge is 2.28. The van der Waals surface area contributed by atoms with Gasteiger partial charge in [-0.25, -0.2) is 9.97 Å². The summed E-state index contributed by atoms with van der Waals surface area (Å²) in [6, 6.07) is 10.4. The maximum absolute atomic E-state index is 12.3. The van der Waals surface area contributed by atoms with Gasteiger partial charge in [-0.3, -0.25) is 4.79 Å². The molecule has 0 unspecified atom stereocenters. The molecule has 1 aliphatic rings. The Kier molecular flexibility index (Phi) is 4.83. The summed E-state index contributed by atoms with van der Waals surface area (Å²) in [4.78, 5) is 26.8. The summed E-state index contributed by atoms with van der Waals surface area (Å²) in [5.74, 6) is 2.16. The number of hydrogen-bond acceptors (Lipinski definition) is 5. The predicted octanol–water partition coefficient (Wildman–Crippen LogP) is 3.97. The number of benzene rings is 1. The fourth-order valence-corrected chi connectivity index (χ4v) is 4.78. The van der Waals surface area contributed by atoms with Crippen LogP contribution in [0.5, 0.6) is 0 Å². The zero-order valence-electron chi connectivity index (χ0n) is 16.0. The van der Waals surface area contributed by atoms with Crippen LogP contribution >= 0.6 is 11.3 Å². The summed E-state index contributed by atoms with van der Waals surface area (Å²) < 4.78 is 0. The van der Waals surface area contributed by atoms with Crippen LogP contribution in [-0.2, 0) is 4.79 Å². The molecule has 0 radical (unpaired) electrons. The average Bonchev–Trinajstić information content (AvgIpc) is 3.11. The maximum atomic E-state index is 12.3. The van der Waals surface area contributed by atoms with Crippen LogP contribution in [0.2, 0.25) is 0 Å². The number of nitrogens with zero attached hydrogens (tertiary/aromatic N) is 4. The van der Waals surface area contributed by atoms with Crippen molar-refractivity contribution in [1.82, 2.24) is 14.9 Å². The highest BCUT2D eigenvalue weighted by atomic mass is 32.1. The lowest BCUT2D eigenvalue weighted by atomic mass is 9.95. The van der Waals surface area contributed by atoms with E-state index in [1.807, 2.05) is 27.1 Å². The van der Waals surface area contributed by atoms with E-state index in [-0.39, 0.29) is 11.8 Å². The van der Waals surface area contributed by atoms with Gasteiger partial charge in [-0.1, -0.05) is 30.3 Å². The average molecular weight is 381 g/mol. The lowest BCUT2D eigenvalue weighted by Crippen LogP contribution is -2.40. The summed E-state index contributed by atoms with van der Waals surface area (Å²) in [7, 11) is 3.67. The van der Waals surface area contributed by atoms with E-state index in [2.05, 4.69) is 39.5 Å². The summed E-state index contributed by atoms with van der Waals surface area (Å²) in [6.45, 7) is 3.65. The summed E-state index contributed by atoms with van der Waals surface area (Å²) in [6.07, 6.45) is 1.73. The molecule has 140 valence electrons. The molecule has 1 saturated heterocycles. The normalized spacial score (nSPS) is 15.3. The predicted molar refractivity (Wildman–Crippen MR) is 111 cm³/mol. The van der Waals surface area contributed by atoms with Gasteiger partial charge in [-0.15, -0.1) is 11.3 Å². The molecule has 3 aromatic rings. The SMILES string of the molecule is Cc1nc(N2CCC(C(=O)N(C)C)CC2)c2c(-c3ccccc3)csc2n1. The standard InChI is InChI=1S/C21H24N4OS/c1-14-22-19(25-11-9-16(10-12-25)21(26)24(2)3)18-17(13-27-20(18)23-14)15-7-5-4-6-8-15/h4-8,13,16H,9-12H2,1-3H3. The number of carbonyl (C=O) groups is 1. The molecule has 4 rings (SSSR count). The number of piperidine rings is 1. The van der Waals surface area contributed by atoms with Crippen molar-refractivity contribution >= 4 is 33.3 Å². The highest BCUT2D eigenvalue weighted by Crippen LogP contribution is 2.39. The van der Waals surface area contributed by atoms with Crippen molar-refractivity contribution < 1.29 is 4.79 Å². The molecule has 6 heteroatoms. The fraction of sp³-hybridized carbons (Fsp3) is 0.381. The lowest BCUT2D eigenvalue weighted by molar-refractivity contribution is -0.133. The molecule has 0 atom stereocenters. The molecule has 2 aromatic heterocycles. The first kappa shape index (κ1) is 17.9. The van der Waals surface area contributed by atoms with Crippen molar-refractivity contribution in [3.8, 4) is 11.1 Å². The van der Waals surface area contributed by atoms with Crippen LogP contribution in [-0.4, -0.2) is 48.0 Å². The summed E-state index contributed by atoms with van der Waals surface area (Å²) in [5, 5.41) is 3.31. The van der Waals surface area contributed by atoms with E-state index in [9.17, 15) is 4.79 Å². The molecule has 27 heavy (non-hydrogen) atoms. The first-order valence-electron chi connectivity index (χ1n) is 9.32. The van der Waals surface area contributed by atoms with Gasteiger partial charge in [-0.2, -0.15) is 0 Å². The van der Waals surface area contributed by atoms with Crippen molar-refractivity contribution in [1.29, 1.82) is 0 Å². The first-order valence-corrected chi connectivity index (χ1v) is 10.2. The number of aromatic nitrogens is 2. The molecule has 0 saturated carbocycles. The molecule has 5 nitrogen and oxygen atoms in total. The van der Waals surface area contributed by atoms with Crippen LogP contribution < -0.4 is 4.90 Å². The van der Waals surface area contributed by atoms with Gasteiger partial charge in [-0.05, 0) is 25.3 Å². The monoisotopic (exact) mass is 380 g/mol. The maximum Gasteiger partial charge on any atom is 0.225 e. The van der Waals surface area contributed by atoms with Gasteiger partial charge in [0.05, 0.1) is 5.39 Å². The molecular formula is C21H24N4OS. The van der Waals surface area contributed by atoms with Gasteiger partial charge >= 0.3 is 0 Å². The second kappa shape index (κ2) is 7.27. The summed E-state index contributed by atoms with van der Waals surface area (Å²) >= 11 is 1.67. The number of hydrogen-bond donors (Lipinski definition) is 0. The minimum Gasteiger partial charge on any atom is -0.356 e. The third-order valence-electron chi connectivity index (χ3n) is 5.20. The van der Waals surface area contributed by atoms with Crippen molar-refractivity contribution in [3.63, 3.8) is 0 Å². The van der Waals surface area contributed by atoms with Crippen LogP contribution in [0.1, 0.15) is 18.7 Å². The Labute approximate surface area is 163 Å². The van der Waals surface area contributed by atoms with Crippen molar-refractivity contribution in [2.24, 2.45) is 5.92 Å². The van der Waals surface area contributed by atoms with E-state index in [0.29, 0.717) is 0 Å². The van der Waals surface area contributed by atoms with E-state index < -0.39 is 0 Å². The smallest absolute Gasteiger partial charge is 0.225 e. The molecule has 1 fully saturated rings. The highest BCUT2D eigenvalue weighted by molar-refractivity contribution is 7.17. The van der Waals surface area contributed by atoms with Crippen LogP contribution in [0, 0.1) is 12.8 Å². The number of carbonyl (C=O) groups excluding carboxylic acids is 1. The van der Waals surface area contributed by atoms with Gasteiger partial charge in [0.25, 0.3) is 0 Å². The van der Waals surface area contributed by atoms with Crippen molar-refractivity contribution in [2.75, 3.05) is 32.1 Å². The number of amides is 1. The Morgan fingerprint density at radius 1 is 1.15 bits per heavy atom. The topological polar surface area (TPSA) is 49.3 Å². The zero-order chi connectivity index (χ0) is 19.0. The van der Waals surface area contributed by atoms with Crippen molar-refractivity contribution in [2.45, 2.75) is 19.8 Å². The zero-order valence-corrected chi connectivity index (χ0v) is 16.8. The Balaban J connectivity index is 1.70. The number of thiophene rings is 1. The second-order valence-electron chi connectivity index (χ2n) is 7.28. The van der Waals surface area contributed by atoms with E-state index in [1.165, 1.54) is 11.1 Å². The number of aryl methyl sites for hydroxylation is 1. The van der Waals surface area contributed by atoms with Gasteiger partial charge in [0, 0.05) is 44.0 Å². The number of anilines is 1. The molecule has 3 heterocycles. The van der Waals surface area contributed by atoms with Gasteiger partial charge < -0.3 is 9.80 Å². The molecule has 0 N–H and O–H groups in total. The van der Waals surface area contributed by atoms with Gasteiger partial charge in [0.1, 0.15) is 16.5 Å². The van der Waals surface area contributed by atoms with Crippen LogP contribution in [0.15, 0.2) is 35.7 Å². The summed E-state index contributed by atoms with van der Waals surface area (Å²) in [5.41, 5.74) is 2.38. The molecule has 0 bridgehead atoms. The molecule has 1 aromatic carbocycles. The number of rotatable bonds is 3. The second-order valence-corrected chi connectivity index (χ2v) is 8.14. The molecule has 0 spiro atoms. The third kappa shape index (κ3) is 3.41. The van der Waals surface area contributed by atoms with Gasteiger partial charge in [0.15, 0.2) is 0 Å². The minimum absolute atomic E-state index is 0.116. The quantitative estimate of drug-likeness (QED) is 0.690. The minimum atomic E-state index is 0.116. The van der Waals surface area contributed by atoms with Crippen molar-refractivity contribution in [3.05, 3.63) is 41.5 Å². The molecule has 1 amide bonds. The van der Waals surface area contributed by atoms with Crippen LogP contribution in [0.4, 0.5) is 5.82 Å². The molecular weight excluding hydrogens is 356 g/mol. The van der Waals surface area contributed by atoms with Crippen LogP contribution in [0.25, 0.3) is 21.3 Å². The van der Waals surface area contributed by atoms with Crippen LogP contribution in [0.3, 0.4) is 0 Å². The first-order chi connectivity index (χ1) is 13.0. The Morgan fingerprint density at radius 2 is 1.85 bits per heavy atom. The third-order valence-corrected chi connectivity index (χ3v) is 6.07. The fourth-order valence-electron chi connectivity index (χ4n) is 3.79. The van der Waals surface area contributed by atoms with Gasteiger partial charge in [0.2, 0.25) is 5.91 Å². The largest absolute Gasteiger partial charge is 0.356 e. The molecule has 1 aliphatic heterocycles. The van der Waals surface area contributed by atoms with E-state index >= 15 is 0 Å². The number of fused-ring (bicyclic) bond motifs is 1. The van der Waals surface area contributed by atoms with E-state index in [1.54, 1.807) is 16.2 Å². The lowest BCUT2D eigenvalue weighted by Gasteiger charge is -2.33. The Morgan fingerprint density at radius 3 is 2.52 bits per heavy atom. The Hall–Kier alpha value is -2.47.